The molecular formula is C13H19NO2S. The predicted octanol–water partition coefficient (Wildman–Crippen LogP) is 2.14. The Morgan fingerprint density at radius 3 is 3.12 bits per heavy atom. The normalized spacial score (nSPS) is 15.6. The van der Waals surface area contributed by atoms with E-state index in [0.29, 0.717) is 6.54 Å². The van der Waals surface area contributed by atoms with Crippen LogP contribution in [0.15, 0.2) is 6.07 Å². The van der Waals surface area contributed by atoms with Gasteiger partial charge in [-0.1, -0.05) is 6.92 Å². The smallest absolute Gasteiger partial charge is 0.309 e. The second-order valence-corrected chi connectivity index (χ2v) is 5.79. The fraction of sp³-hybridized carbons (Fsp3) is 0.615. The van der Waals surface area contributed by atoms with Gasteiger partial charge in [-0.2, -0.15) is 0 Å². The van der Waals surface area contributed by atoms with E-state index in [1.807, 2.05) is 18.3 Å². The van der Waals surface area contributed by atoms with Crippen LogP contribution in [-0.2, 0) is 28.9 Å². The Balaban J connectivity index is 1.76. The van der Waals surface area contributed by atoms with Crippen molar-refractivity contribution in [1.29, 1.82) is 0 Å². The molecule has 17 heavy (non-hydrogen) atoms. The molecule has 0 saturated carbocycles. The first-order chi connectivity index (χ1) is 8.20. The topological polar surface area (TPSA) is 38.3 Å². The van der Waals surface area contributed by atoms with E-state index in [1.54, 1.807) is 4.88 Å². The zero-order valence-electron chi connectivity index (χ0n) is 10.4. The molecule has 1 heterocycles. The highest BCUT2D eigenvalue weighted by atomic mass is 32.1. The quantitative estimate of drug-likeness (QED) is 0.817. The maximum atomic E-state index is 11.2. The molecule has 4 heteroatoms. The molecule has 0 aliphatic heterocycles. The van der Waals surface area contributed by atoms with E-state index in [4.69, 9.17) is 0 Å². The van der Waals surface area contributed by atoms with Gasteiger partial charge in [0.15, 0.2) is 0 Å². The molecule has 2 rings (SSSR count). The minimum absolute atomic E-state index is 0.0770. The number of rotatable bonds is 5. The highest BCUT2D eigenvalue weighted by Crippen LogP contribution is 2.30. The molecule has 1 unspecified atom stereocenters. The molecule has 1 aliphatic carbocycles. The maximum Gasteiger partial charge on any atom is 0.309 e. The molecule has 1 N–H and O–H groups in total. The number of aryl methyl sites for hydroxylation is 2. The summed E-state index contributed by atoms with van der Waals surface area (Å²) >= 11 is 1.91. The number of carbonyl (C=O) groups is 1. The van der Waals surface area contributed by atoms with Crippen LogP contribution in [0.4, 0.5) is 0 Å². The van der Waals surface area contributed by atoms with Crippen LogP contribution in [0.3, 0.4) is 0 Å². The molecule has 1 atom stereocenters. The standard InChI is InChI=1S/C13H19NO2S/c1-9(13(15)16-2)7-14-8-11-6-10-4-3-5-12(10)17-11/h6,9,14H,3-5,7-8H2,1-2H3. The monoisotopic (exact) mass is 253 g/mol. The Hall–Kier alpha value is -0.870. The molecule has 0 aromatic carbocycles. The van der Waals surface area contributed by atoms with Gasteiger partial charge < -0.3 is 10.1 Å². The number of carbonyl (C=O) groups excluding carboxylic acids is 1. The molecule has 0 amide bonds. The van der Waals surface area contributed by atoms with Crippen molar-refractivity contribution in [3.8, 4) is 0 Å². The summed E-state index contributed by atoms with van der Waals surface area (Å²) in [5.41, 5.74) is 1.54. The Morgan fingerprint density at radius 2 is 2.41 bits per heavy atom. The van der Waals surface area contributed by atoms with Crippen molar-refractivity contribution in [1.82, 2.24) is 5.32 Å². The number of hydrogen-bond donors (Lipinski definition) is 1. The van der Waals surface area contributed by atoms with Crippen molar-refractivity contribution in [3.63, 3.8) is 0 Å². The van der Waals surface area contributed by atoms with Crippen LogP contribution in [0, 0.1) is 5.92 Å². The van der Waals surface area contributed by atoms with Gasteiger partial charge in [-0.05, 0) is 30.9 Å². The first-order valence-electron chi connectivity index (χ1n) is 6.09. The van der Waals surface area contributed by atoms with Crippen LogP contribution >= 0.6 is 11.3 Å². The van der Waals surface area contributed by atoms with Crippen LogP contribution in [0.5, 0.6) is 0 Å². The second kappa shape index (κ2) is 5.65. The minimum Gasteiger partial charge on any atom is -0.469 e. The molecule has 0 saturated heterocycles. The third kappa shape index (κ3) is 3.07. The van der Waals surface area contributed by atoms with Gasteiger partial charge in [0, 0.05) is 22.8 Å². The van der Waals surface area contributed by atoms with Gasteiger partial charge in [-0.25, -0.2) is 0 Å². The van der Waals surface area contributed by atoms with Gasteiger partial charge in [0.2, 0.25) is 0 Å². The van der Waals surface area contributed by atoms with E-state index < -0.39 is 0 Å². The third-order valence-corrected chi connectivity index (χ3v) is 4.39. The van der Waals surface area contributed by atoms with Crippen molar-refractivity contribution in [3.05, 3.63) is 21.4 Å². The lowest BCUT2D eigenvalue weighted by atomic mass is 10.2. The highest BCUT2D eigenvalue weighted by molar-refractivity contribution is 7.12. The van der Waals surface area contributed by atoms with Gasteiger partial charge in [-0.3, -0.25) is 4.79 Å². The summed E-state index contributed by atoms with van der Waals surface area (Å²) in [5.74, 6) is -0.224. The van der Waals surface area contributed by atoms with Gasteiger partial charge >= 0.3 is 5.97 Å². The number of methoxy groups -OCH3 is 1. The van der Waals surface area contributed by atoms with Crippen LogP contribution < -0.4 is 5.32 Å². The zero-order valence-corrected chi connectivity index (χ0v) is 11.2. The summed E-state index contributed by atoms with van der Waals surface area (Å²) in [6.45, 7) is 3.42. The summed E-state index contributed by atoms with van der Waals surface area (Å²) < 4.78 is 4.69. The summed E-state index contributed by atoms with van der Waals surface area (Å²) in [4.78, 5) is 14.1. The van der Waals surface area contributed by atoms with E-state index in [2.05, 4.69) is 16.1 Å². The zero-order chi connectivity index (χ0) is 12.3. The Labute approximate surface area is 106 Å². The fourth-order valence-electron chi connectivity index (χ4n) is 2.17. The summed E-state index contributed by atoms with van der Waals surface area (Å²) in [7, 11) is 1.43. The lowest BCUT2D eigenvalue weighted by Gasteiger charge is -2.09. The number of esters is 1. The van der Waals surface area contributed by atoms with Crippen LogP contribution in [-0.4, -0.2) is 19.6 Å². The first-order valence-corrected chi connectivity index (χ1v) is 6.91. The Kier molecular flexibility index (Phi) is 4.18. The molecule has 1 aliphatic rings. The van der Waals surface area contributed by atoms with E-state index in [9.17, 15) is 4.79 Å². The van der Waals surface area contributed by atoms with Crippen molar-refractivity contribution >= 4 is 17.3 Å². The molecule has 0 spiro atoms. The Morgan fingerprint density at radius 1 is 1.59 bits per heavy atom. The molecule has 1 aromatic rings. The van der Waals surface area contributed by atoms with Crippen molar-refractivity contribution in [2.45, 2.75) is 32.7 Å². The average molecular weight is 253 g/mol. The number of fused-ring (bicyclic) bond motifs is 1. The van der Waals surface area contributed by atoms with Crippen molar-refractivity contribution < 1.29 is 9.53 Å². The number of nitrogens with one attached hydrogen (secondary N) is 1. The molecule has 1 aromatic heterocycles. The van der Waals surface area contributed by atoms with Gasteiger partial charge in [0.05, 0.1) is 13.0 Å². The summed E-state index contributed by atoms with van der Waals surface area (Å²) in [6, 6.07) is 2.31. The summed E-state index contributed by atoms with van der Waals surface area (Å²) in [6.07, 6.45) is 3.80. The number of ether oxygens (including phenoxy) is 1. The summed E-state index contributed by atoms with van der Waals surface area (Å²) in [5, 5.41) is 3.31. The van der Waals surface area contributed by atoms with E-state index in [-0.39, 0.29) is 11.9 Å². The number of hydrogen-bond acceptors (Lipinski definition) is 4. The average Bonchev–Trinajstić information content (AvgIpc) is 2.88. The maximum absolute atomic E-state index is 11.2. The van der Waals surface area contributed by atoms with Crippen LogP contribution in [0.2, 0.25) is 0 Å². The van der Waals surface area contributed by atoms with Gasteiger partial charge in [0.25, 0.3) is 0 Å². The lowest BCUT2D eigenvalue weighted by molar-refractivity contribution is -0.144. The van der Waals surface area contributed by atoms with Gasteiger partial charge in [-0.15, -0.1) is 11.3 Å². The van der Waals surface area contributed by atoms with Crippen molar-refractivity contribution in [2.24, 2.45) is 5.92 Å². The largest absolute Gasteiger partial charge is 0.469 e. The third-order valence-electron chi connectivity index (χ3n) is 3.15. The predicted molar refractivity (Wildman–Crippen MR) is 69.2 cm³/mol. The SMILES string of the molecule is COC(=O)C(C)CNCc1cc2c(s1)CCC2. The van der Waals surface area contributed by atoms with Crippen molar-refractivity contribution in [2.75, 3.05) is 13.7 Å². The molecule has 0 radical (unpaired) electrons. The molecule has 94 valence electrons. The van der Waals surface area contributed by atoms with E-state index >= 15 is 0 Å². The lowest BCUT2D eigenvalue weighted by Crippen LogP contribution is -2.26. The minimum atomic E-state index is -0.147. The van der Waals surface area contributed by atoms with Gasteiger partial charge in [0.1, 0.15) is 0 Å². The van der Waals surface area contributed by atoms with E-state index in [0.717, 1.165) is 6.54 Å². The second-order valence-electron chi connectivity index (χ2n) is 4.57. The highest BCUT2D eigenvalue weighted by Gasteiger charge is 2.15. The molecule has 3 nitrogen and oxygen atoms in total. The van der Waals surface area contributed by atoms with Crippen LogP contribution in [0.25, 0.3) is 0 Å². The van der Waals surface area contributed by atoms with E-state index in [1.165, 1.54) is 36.8 Å². The Bertz CT molecular complexity index is 379. The fourth-order valence-corrected chi connectivity index (χ4v) is 3.40. The molecular weight excluding hydrogens is 234 g/mol. The first kappa shape index (κ1) is 12.6. The van der Waals surface area contributed by atoms with Crippen LogP contribution in [0.1, 0.15) is 28.7 Å². The number of thiophene rings is 1. The molecule has 0 bridgehead atoms. The molecule has 0 fully saturated rings.